The Morgan fingerprint density at radius 1 is 0.868 bits per heavy atom. The number of amides is 3. The first kappa shape index (κ1) is 38.2. The first-order chi connectivity index (χ1) is 25.2. The highest BCUT2D eigenvalue weighted by atomic mass is 35.5. The van der Waals surface area contributed by atoms with Gasteiger partial charge in [-0.25, -0.2) is 9.18 Å². The Morgan fingerprint density at radius 2 is 1.51 bits per heavy atom. The van der Waals surface area contributed by atoms with Gasteiger partial charge in [0.15, 0.2) is 6.61 Å². The van der Waals surface area contributed by atoms with Crippen molar-refractivity contribution in [1.82, 2.24) is 30.9 Å². The summed E-state index contributed by atoms with van der Waals surface area (Å²) in [6.45, 7) is -2.18. The summed E-state index contributed by atoms with van der Waals surface area (Å²) < 4.78 is 61.4. The van der Waals surface area contributed by atoms with Gasteiger partial charge in [0, 0.05) is 29.4 Å². The minimum absolute atomic E-state index is 0.0468. The molecule has 5 N–H and O–H groups in total. The standard InChI is InChI=1S/C34H31ClF4N8O6/c1-52-29(51)25(17-41-28(50)27(49)40-16-19-2-10-23(36)11-3-19)43-26(48)20-4-12-24(13-5-20)42-30-44-31(46-32(45-30)53-18-34(37,38)39)47-33(14-15-33)21-6-8-22(35)9-7-21/h2-13,25H,14-18H2,1H3,(H,40,49)(H,41,50)(H,43,48)(H2,42,44,45,46,47)/t25-/m0/s1. The molecule has 1 heterocycles. The summed E-state index contributed by atoms with van der Waals surface area (Å²) in [5.41, 5.74) is 1.24. The number of esters is 1. The second-order valence-corrected chi connectivity index (χ2v) is 12.1. The van der Waals surface area contributed by atoms with Gasteiger partial charge in [0.2, 0.25) is 11.9 Å². The summed E-state index contributed by atoms with van der Waals surface area (Å²) in [6, 6.07) is 16.0. The van der Waals surface area contributed by atoms with Gasteiger partial charge in [-0.05, 0) is 72.5 Å². The van der Waals surface area contributed by atoms with Gasteiger partial charge in [0.25, 0.3) is 5.91 Å². The number of hydrogen-bond donors (Lipinski definition) is 5. The predicted molar refractivity (Wildman–Crippen MR) is 182 cm³/mol. The Kier molecular flexibility index (Phi) is 11.9. The van der Waals surface area contributed by atoms with Crippen LogP contribution < -0.4 is 31.3 Å². The van der Waals surface area contributed by atoms with Crippen LogP contribution in [-0.4, -0.2) is 71.1 Å². The van der Waals surface area contributed by atoms with E-state index in [9.17, 15) is 36.7 Å². The van der Waals surface area contributed by atoms with E-state index in [2.05, 4.69) is 41.5 Å². The fourth-order valence-corrected chi connectivity index (χ4v) is 4.95. The molecule has 1 aromatic heterocycles. The molecule has 0 bridgehead atoms. The van der Waals surface area contributed by atoms with E-state index in [1.807, 2.05) is 12.1 Å². The van der Waals surface area contributed by atoms with Crippen LogP contribution in [0.4, 0.5) is 35.1 Å². The number of nitrogens with zero attached hydrogens (tertiary/aromatic N) is 3. The zero-order valence-corrected chi connectivity index (χ0v) is 28.5. The lowest BCUT2D eigenvalue weighted by molar-refractivity contribution is -0.154. The molecule has 1 atom stereocenters. The van der Waals surface area contributed by atoms with Gasteiger partial charge in [-0.1, -0.05) is 35.9 Å². The van der Waals surface area contributed by atoms with Crippen LogP contribution >= 0.6 is 11.6 Å². The predicted octanol–water partition coefficient (Wildman–Crippen LogP) is 4.15. The molecular weight excluding hydrogens is 728 g/mol. The topological polar surface area (TPSA) is 186 Å². The van der Waals surface area contributed by atoms with Crippen molar-refractivity contribution in [1.29, 1.82) is 0 Å². The smallest absolute Gasteiger partial charge is 0.422 e. The Balaban J connectivity index is 1.21. The molecule has 53 heavy (non-hydrogen) atoms. The minimum atomic E-state index is -4.65. The van der Waals surface area contributed by atoms with Gasteiger partial charge >= 0.3 is 30.0 Å². The van der Waals surface area contributed by atoms with Crippen LogP contribution in [0.5, 0.6) is 6.01 Å². The van der Waals surface area contributed by atoms with Gasteiger partial charge in [-0.2, -0.15) is 28.1 Å². The van der Waals surface area contributed by atoms with Crippen LogP contribution in [0.25, 0.3) is 0 Å². The third-order valence-corrected chi connectivity index (χ3v) is 7.96. The third kappa shape index (κ3) is 11.0. The molecule has 0 radical (unpaired) electrons. The summed E-state index contributed by atoms with van der Waals surface area (Å²) in [5, 5.41) is 13.6. The van der Waals surface area contributed by atoms with Crippen LogP contribution in [-0.2, 0) is 31.2 Å². The van der Waals surface area contributed by atoms with Crippen LogP contribution in [0.1, 0.15) is 34.3 Å². The van der Waals surface area contributed by atoms with E-state index in [1.165, 1.54) is 48.5 Å². The largest absolute Gasteiger partial charge is 0.467 e. The first-order valence-electron chi connectivity index (χ1n) is 15.8. The molecule has 19 heteroatoms. The Hall–Kier alpha value is -6.04. The fourth-order valence-electron chi connectivity index (χ4n) is 4.82. The van der Waals surface area contributed by atoms with Crippen molar-refractivity contribution in [3.8, 4) is 6.01 Å². The van der Waals surface area contributed by atoms with Crippen molar-refractivity contribution in [2.45, 2.75) is 37.1 Å². The number of anilines is 3. The number of aromatic nitrogens is 3. The summed E-state index contributed by atoms with van der Waals surface area (Å²) in [7, 11) is 1.07. The molecule has 4 aromatic rings. The van der Waals surface area contributed by atoms with Gasteiger partial charge in [-0.15, -0.1) is 0 Å². The third-order valence-electron chi connectivity index (χ3n) is 7.71. The summed E-state index contributed by atoms with van der Waals surface area (Å²) in [6.07, 6.45) is -3.25. The molecule has 1 fully saturated rings. The number of carbonyl (C=O) groups is 4. The van der Waals surface area contributed by atoms with Crippen LogP contribution in [0.3, 0.4) is 0 Å². The molecule has 1 aliphatic rings. The molecular formula is C34H31ClF4N8O6. The zero-order valence-electron chi connectivity index (χ0n) is 27.7. The van der Waals surface area contributed by atoms with E-state index < -0.39 is 66.4 Å². The van der Waals surface area contributed by atoms with Gasteiger partial charge in [-0.3, -0.25) is 14.4 Å². The lowest BCUT2D eigenvalue weighted by atomic mass is 10.1. The quantitative estimate of drug-likeness (QED) is 0.0707. The van der Waals surface area contributed by atoms with Gasteiger partial charge in [0.05, 0.1) is 12.6 Å². The Bertz CT molecular complexity index is 1950. The maximum absolute atomic E-state index is 13.1. The maximum atomic E-state index is 13.1. The van der Waals surface area contributed by atoms with E-state index in [4.69, 9.17) is 21.1 Å². The highest BCUT2D eigenvalue weighted by Crippen LogP contribution is 2.48. The number of benzene rings is 3. The van der Waals surface area contributed by atoms with Crippen molar-refractivity contribution < 1.29 is 46.2 Å². The molecule has 0 saturated heterocycles. The van der Waals surface area contributed by atoms with Gasteiger partial charge < -0.3 is 36.1 Å². The van der Waals surface area contributed by atoms with Gasteiger partial charge in [0.1, 0.15) is 11.9 Å². The number of alkyl halides is 3. The number of carbonyl (C=O) groups excluding carboxylic acids is 4. The molecule has 278 valence electrons. The molecule has 1 saturated carbocycles. The molecule has 5 rings (SSSR count). The number of hydrogen-bond acceptors (Lipinski definition) is 11. The molecule has 14 nitrogen and oxygen atoms in total. The number of ether oxygens (including phenoxy) is 2. The van der Waals surface area contributed by atoms with Crippen molar-refractivity contribution in [2.24, 2.45) is 0 Å². The van der Waals surface area contributed by atoms with Crippen LogP contribution in [0.15, 0.2) is 72.8 Å². The molecule has 1 aliphatic carbocycles. The van der Waals surface area contributed by atoms with E-state index in [1.54, 1.807) is 12.1 Å². The Morgan fingerprint density at radius 3 is 2.13 bits per heavy atom. The summed E-state index contributed by atoms with van der Waals surface area (Å²) in [4.78, 5) is 62.2. The van der Waals surface area contributed by atoms with E-state index >= 15 is 0 Å². The number of nitrogens with one attached hydrogen (secondary N) is 5. The molecule has 0 aliphatic heterocycles. The summed E-state index contributed by atoms with van der Waals surface area (Å²) >= 11 is 6.02. The fraction of sp³-hybridized carbons (Fsp3) is 0.265. The second kappa shape index (κ2) is 16.5. The normalized spacial score (nSPS) is 13.5. The molecule has 3 aromatic carbocycles. The molecule has 0 spiro atoms. The number of rotatable bonds is 14. The zero-order chi connectivity index (χ0) is 38.2. The molecule has 0 unspecified atom stereocenters. The average molecular weight is 759 g/mol. The Labute approximate surface area is 304 Å². The van der Waals surface area contributed by atoms with Crippen LogP contribution in [0.2, 0.25) is 5.02 Å². The lowest BCUT2D eigenvalue weighted by Gasteiger charge is -2.19. The first-order valence-corrected chi connectivity index (χ1v) is 16.2. The second-order valence-electron chi connectivity index (χ2n) is 11.7. The molecule has 3 amide bonds. The average Bonchev–Trinajstić information content (AvgIpc) is 3.91. The van der Waals surface area contributed by atoms with E-state index in [0.717, 1.165) is 12.7 Å². The maximum Gasteiger partial charge on any atom is 0.422 e. The number of halogens is 5. The lowest BCUT2D eigenvalue weighted by Crippen LogP contribution is -2.51. The van der Waals surface area contributed by atoms with Crippen molar-refractivity contribution in [2.75, 3.05) is 30.9 Å². The minimum Gasteiger partial charge on any atom is -0.467 e. The van der Waals surface area contributed by atoms with Crippen LogP contribution in [0, 0.1) is 5.82 Å². The van der Waals surface area contributed by atoms with E-state index in [0.29, 0.717) is 29.1 Å². The number of methoxy groups -OCH3 is 1. The van der Waals surface area contributed by atoms with E-state index in [-0.39, 0.29) is 24.0 Å². The van der Waals surface area contributed by atoms with Crippen molar-refractivity contribution in [3.63, 3.8) is 0 Å². The highest BCUT2D eigenvalue weighted by molar-refractivity contribution is 6.35. The monoisotopic (exact) mass is 758 g/mol. The van der Waals surface area contributed by atoms with Crippen molar-refractivity contribution in [3.05, 3.63) is 100 Å². The van der Waals surface area contributed by atoms with Crippen molar-refractivity contribution >= 4 is 52.9 Å². The SMILES string of the molecule is COC(=O)[C@H](CNC(=O)C(=O)NCc1ccc(F)cc1)NC(=O)c1ccc(Nc2nc(NC3(c4ccc(Cl)cc4)CC3)nc(OCC(F)(F)F)n2)cc1. The highest BCUT2D eigenvalue weighted by Gasteiger charge is 2.45. The summed E-state index contributed by atoms with van der Waals surface area (Å²) in [5.74, 6) is -4.44.